The highest BCUT2D eigenvalue weighted by molar-refractivity contribution is 5.67. The number of hydrogen-bond acceptors (Lipinski definition) is 3. The first-order valence-corrected chi connectivity index (χ1v) is 9.54. The van der Waals surface area contributed by atoms with Crippen LogP contribution in [0.1, 0.15) is 64.4 Å². The zero-order valence-corrected chi connectivity index (χ0v) is 15.6. The smallest absolute Gasteiger partial charge is 0.407 e. The number of amides is 1. The highest BCUT2D eigenvalue weighted by atomic mass is 16.6. The lowest BCUT2D eigenvalue weighted by molar-refractivity contribution is 0.0494. The Hall–Kier alpha value is -1.71. The van der Waals surface area contributed by atoms with Gasteiger partial charge in [-0.1, -0.05) is 12.1 Å². The maximum atomic E-state index is 11.9. The number of alkyl carbamates (subject to hydrolysis) is 1. The molecular formula is C21H31NO3. The van der Waals surface area contributed by atoms with Crippen molar-refractivity contribution >= 4 is 6.09 Å². The van der Waals surface area contributed by atoms with Gasteiger partial charge in [0.05, 0.1) is 0 Å². The summed E-state index contributed by atoms with van der Waals surface area (Å²) in [4.78, 5) is 11.9. The maximum absolute atomic E-state index is 11.9. The van der Waals surface area contributed by atoms with Crippen LogP contribution < -0.4 is 5.32 Å². The van der Waals surface area contributed by atoms with Gasteiger partial charge in [-0.05, 0) is 94.2 Å². The van der Waals surface area contributed by atoms with Crippen LogP contribution in [-0.4, -0.2) is 23.3 Å². The van der Waals surface area contributed by atoms with Crippen LogP contribution in [0.3, 0.4) is 0 Å². The molecule has 0 saturated heterocycles. The second-order valence-corrected chi connectivity index (χ2v) is 8.95. The molecule has 0 radical (unpaired) electrons. The minimum atomic E-state index is -0.443. The molecule has 0 spiro atoms. The molecule has 4 heteroatoms. The Morgan fingerprint density at radius 3 is 2.44 bits per heavy atom. The van der Waals surface area contributed by atoms with Crippen molar-refractivity contribution in [1.82, 2.24) is 5.32 Å². The van der Waals surface area contributed by atoms with Crippen molar-refractivity contribution in [2.24, 2.45) is 17.8 Å². The van der Waals surface area contributed by atoms with E-state index in [-0.39, 0.29) is 6.09 Å². The van der Waals surface area contributed by atoms with E-state index in [1.54, 1.807) is 6.07 Å². The molecule has 3 rings (SSSR count). The second kappa shape index (κ2) is 7.27. The van der Waals surface area contributed by atoms with E-state index in [2.05, 4.69) is 11.4 Å². The molecule has 2 atom stereocenters. The predicted molar refractivity (Wildman–Crippen MR) is 98.6 cm³/mol. The molecule has 2 aliphatic carbocycles. The summed E-state index contributed by atoms with van der Waals surface area (Å²) in [7, 11) is 0. The number of aromatic hydroxyl groups is 1. The van der Waals surface area contributed by atoms with Crippen molar-refractivity contribution in [1.29, 1.82) is 0 Å². The van der Waals surface area contributed by atoms with E-state index in [0.717, 1.165) is 18.4 Å². The molecule has 0 heterocycles. The number of nitrogens with one attached hydrogen (secondary N) is 1. The van der Waals surface area contributed by atoms with Gasteiger partial charge in [-0.25, -0.2) is 4.79 Å². The fourth-order valence-corrected chi connectivity index (χ4v) is 4.75. The normalized spacial score (nSPS) is 29.1. The SMILES string of the molecule is CC(C)(C)OC(=O)NCC1CC2CC(C1)CC(c1cccc(O)c1)C2. The van der Waals surface area contributed by atoms with Gasteiger partial charge in [-0.15, -0.1) is 0 Å². The molecule has 1 aromatic rings. The van der Waals surface area contributed by atoms with Gasteiger partial charge >= 0.3 is 6.09 Å². The molecule has 138 valence electrons. The van der Waals surface area contributed by atoms with E-state index in [0.29, 0.717) is 17.6 Å². The molecule has 2 bridgehead atoms. The first kappa shape index (κ1) is 18.1. The summed E-state index contributed by atoms with van der Waals surface area (Å²) in [5.41, 5.74) is 0.835. The summed E-state index contributed by atoms with van der Waals surface area (Å²) in [6, 6.07) is 7.76. The van der Waals surface area contributed by atoms with Crippen LogP contribution in [0.15, 0.2) is 24.3 Å². The number of rotatable bonds is 3. The van der Waals surface area contributed by atoms with Gasteiger partial charge in [-0.2, -0.15) is 0 Å². The molecule has 1 amide bonds. The first-order valence-electron chi connectivity index (χ1n) is 9.54. The Kier molecular flexibility index (Phi) is 5.26. The van der Waals surface area contributed by atoms with Crippen molar-refractivity contribution in [3.05, 3.63) is 29.8 Å². The molecule has 0 aromatic heterocycles. The lowest BCUT2D eigenvalue weighted by atomic mass is 9.63. The van der Waals surface area contributed by atoms with Gasteiger partial charge in [0, 0.05) is 6.54 Å². The molecule has 2 fully saturated rings. The number of carbonyl (C=O) groups is 1. The van der Waals surface area contributed by atoms with Crippen molar-refractivity contribution < 1.29 is 14.6 Å². The Bertz CT molecular complexity index is 593. The van der Waals surface area contributed by atoms with Gasteiger partial charge in [0.25, 0.3) is 0 Å². The highest BCUT2D eigenvalue weighted by Crippen LogP contribution is 2.48. The fraction of sp³-hybridized carbons (Fsp3) is 0.667. The number of fused-ring (bicyclic) bond motifs is 2. The van der Waals surface area contributed by atoms with Gasteiger partial charge in [0.15, 0.2) is 0 Å². The molecule has 2 saturated carbocycles. The zero-order valence-electron chi connectivity index (χ0n) is 15.6. The minimum Gasteiger partial charge on any atom is -0.508 e. The lowest BCUT2D eigenvalue weighted by Gasteiger charge is -2.43. The third-order valence-electron chi connectivity index (χ3n) is 5.51. The largest absolute Gasteiger partial charge is 0.508 e. The zero-order chi connectivity index (χ0) is 18.0. The van der Waals surface area contributed by atoms with Crippen LogP contribution in [0.5, 0.6) is 5.75 Å². The third-order valence-corrected chi connectivity index (χ3v) is 5.51. The second-order valence-electron chi connectivity index (χ2n) is 8.95. The van der Waals surface area contributed by atoms with Crippen LogP contribution >= 0.6 is 0 Å². The van der Waals surface area contributed by atoms with Crippen LogP contribution in [0.2, 0.25) is 0 Å². The Morgan fingerprint density at radius 2 is 1.84 bits per heavy atom. The Balaban J connectivity index is 1.52. The van der Waals surface area contributed by atoms with Crippen LogP contribution in [0, 0.1) is 17.8 Å². The number of hydrogen-bond donors (Lipinski definition) is 2. The summed E-state index contributed by atoms with van der Waals surface area (Å²) >= 11 is 0. The fourth-order valence-electron chi connectivity index (χ4n) is 4.75. The summed E-state index contributed by atoms with van der Waals surface area (Å²) in [5, 5.41) is 12.7. The quantitative estimate of drug-likeness (QED) is 0.825. The van der Waals surface area contributed by atoms with E-state index in [1.807, 2.05) is 32.9 Å². The molecule has 2 N–H and O–H groups in total. The number of carbonyl (C=O) groups excluding carboxylic acids is 1. The molecule has 2 aliphatic rings. The number of ether oxygens (including phenoxy) is 1. The topological polar surface area (TPSA) is 58.6 Å². The van der Waals surface area contributed by atoms with E-state index < -0.39 is 5.60 Å². The first-order chi connectivity index (χ1) is 11.8. The average molecular weight is 345 g/mol. The van der Waals surface area contributed by atoms with Gasteiger partial charge in [0.2, 0.25) is 0 Å². The number of phenolic OH excluding ortho intramolecular Hbond substituents is 1. The molecule has 2 unspecified atom stereocenters. The van der Waals surface area contributed by atoms with Crippen LogP contribution in [-0.2, 0) is 4.74 Å². The molecular weight excluding hydrogens is 314 g/mol. The van der Waals surface area contributed by atoms with Crippen molar-refractivity contribution in [2.45, 2.75) is 64.4 Å². The molecule has 0 aliphatic heterocycles. The van der Waals surface area contributed by atoms with E-state index >= 15 is 0 Å². The number of benzene rings is 1. The van der Waals surface area contributed by atoms with Gasteiger partial charge < -0.3 is 15.2 Å². The van der Waals surface area contributed by atoms with E-state index in [1.165, 1.54) is 37.7 Å². The van der Waals surface area contributed by atoms with E-state index in [9.17, 15) is 9.90 Å². The predicted octanol–water partition coefficient (Wildman–Crippen LogP) is 4.83. The molecule has 4 nitrogen and oxygen atoms in total. The average Bonchev–Trinajstić information content (AvgIpc) is 2.50. The van der Waals surface area contributed by atoms with Gasteiger partial charge in [0.1, 0.15) is 11.4 Å². The Morgan fingerprint density at radius 1 is 1.16 bits per heavy atom. The summed E-state index contributed by atoms with van der Waals surface area (Å²) in [5.74, 6) is 2.94. The van der Waals surface area contributed by atoms with Crippen LogP contribution in [0.25, 0.3) is 0 Å². The standard InChI is InChI=1S/C21H31NO3/c1-21(2,3)25-20(24)22-13-16-8-14-7-15(9-16)11-18(10-14)17-5-4-6-19(23)12-17/h4-6,12,14-16,18,23H,7-11,13H2,1-3H3,(H,22,24). The maximum Gasteiger partial charge on any atom is 0.407 e. The summed E-state index contributed by atoms with van der Waals surface area (Å²) in [6.07, 6.45) is 5.77. The van der Waals surface area contributed by atoms with Crippen molar-refractivity contribution in [2.75, 3.05) is 6.54 Å². The summed E-state index contributed by atoms with van der Waals surface area (Å²) in [6.45, 7) is 6.38. The summed E-state index contributed by atoms with van der Waals surface area (Å²) < 4.78 is 5.34. The minimum absolute atomic E-state index is 0.305. The van der Waals surface area contributed by atoms with Crippen molar-refractivity contribution in [3.63, 3.8) is 0 Å². The van der Waals surface area contributed by atoms with Crippen molar-refractivity contribution in [3.8, 4) is 5.75 Å². The van der Waals surface area contributed by atoms with Gasteiger partial charge in [-0.3, -0.25) is 0 Å². The molecule has 25 heavy (non-hydrogen) atoms. The monoisotopic (exact) mass is 345 g/mol. The Labute approximate surface area is 151 Å². The highest BCUT2D eigenvalue weighted by Gasteiger charge is 2.36. The third kappa shape index (κ3) is 5.13. The molecule has 1 aromatic carbocycles. The number of phenols is 1. The van der Waals surface area contributed by atoms with Crippen LogP contribution in [0.4, 0.5) is 4.79 Å². The lowest BCUT2D eigenvalue weighted by Crippen LogP contribution is -2.39. The van der Waals surface area contributed by atoms with E-state index in [4.69, 9.17) is 4.74 Å².